The molecule has 2 aliphatic rings. The van der Waals surface area contributed by atoms with Crippen LogP contribution in [0.3, 0.4) is 0 Å². The lowest BCUT2D eigenvalue weighted by Gasteiger charge is -2.48. The summed E-state index contributed by atoms with van der Waals surface area (Å²) >= 11 is 6.21. The third-order valence-corrected chi connectivity index (χ3v) is 8.53. The molecule has 1 atom stereocenters. The molecule has 224 valence electrons. The summed E-state index contributed by atoms with van der Waals surface area (Å²) in [6.45, 7) is -0.810. The number of benzene rings is 1. The van der Waals surface area contributed by atoms with E-state index in [9.17, 15) is 49.1 Å². The first-order valence-electron chi connectivity index (χ1n) is 11.5. The topological polar surface area (TPSA) is 139 Å². The number of hydrogen-bond donors (Lipinski definition) is 3. The van der Waals surface area contributed by atoms with Crippen LogP contribution in [0.4, 0.5) is 32.0 Å². The quantitative estimate of drug-likeness (QED) is 0.350. The fraction of sp³-hybridized carbons (Fsp3) is 0.409. The highest BCUT2D eigenvalue weighted by atomic mass is 35.5. The number of fused-ring (bicyclic) bond motifs is 1. The van der Waals surface area contributed by atoms with E-state index in [2.05, 4.69) is 10.0 Å². The fourth-order valence-corrected chi connectivity index (χ4v) is 6.34. The Balaban J connectivity index is 1.55. The van der Waals surface area contributed by atoms with E-state index in [-0.39, 0.29) is 5.69 Å². The van der Waals surface area contributed by atoms with Crippen LogP contribution in [-0.4, -0.2) is 73.1 Å². The Morgan fingerprint density at radius 3 is 2.41 bits per heavy atom. The number of nitrogens with zero attached hydrogens (tertiary/aromatic N) is 2. The maximum absolute atomic E-state index is 13.6. The monoisotopic (exact) mass is 631 g/mol. The van der Waals surface area contributed by atoms with Crippen molar-refractivity contribution in [1.29, 1.82) is 0 Å². The van der Waals surface area contributed by atoms with E-state index in [0.717, 1.165) is 15.5 Å². The van der Waals surface area contributed by atoms with Crippen LogP contribution in [0.1, 0.15) is 29.4 Å². The number of carbonyl (C=O) groups excluding carboxylic acids is 3. The van der Waals surface area contributed by atoms with Gasteiger partial charge in [-0.1, -0.05) is 11.6 Å². The van der Waals surface area contributed by atoms with Gasteiger partial charge in [0.15, 0.2) is 16.3 Å². The number of ether oxygens (including phenoxy) is 1. The molecule has 1 aromatic carbocycles. The molecule has 11 nitrogen and oxygen atoms in total. The van der Waals surface area contributed by atoms with Crippen molar-refractivity contribution in [2.24, 2.45) is 7.05 Å². The third kappa shape index (κ3) is 5.67. The van der Waals surface area contributed by atoms with Gasteiger partial charge in [0, 0.05) is 25.8 Å². The number of anilines is 1. The zero-order valence-electron chi connectivity index (χ0n) is 20.9. The van der Waals surface area contributed by atoms with Crippen molar-refractivity contribution in [1.82, 2.24) is 19.5 Å². The van der Waals surface area contributed by atoms with Gasteiger partial charge >= 0.3 is 18.0 Å². The number of amides is 3. The second-order valence-electron chi connectivity index (χ2n) is 9.42. The summed E-state index contributed by atoms with van der Waals surface area (Å²) in [4.78, 5) is 37.5. The summed E-state index contributed by atoms with van der Waals surface area (Å²) in [5, 5.41) is 3.29. The van der Waals surface area contributed by atoms with Crippen LogP contribution in [0.2, 0.25) is 5.15 Å². The lowest BCUT2D eigenvalue weighted by molar-refractivity contribution is -0.164. The summed E-state index contributed by atoms with van der Waals surface area (Å²) in [5.74, 6) is -5.66. The van der Waals surface area contributed by atoms with Crippen molar-refractivity contribution in [2.75, 3.05) is 25.0 Å². The van der Waals surface area contributed by atoms with E-state index in [1.165, 1.54) is 12.4 Å². The second-order valence-corrected chi connectivity index (χ2v) is 11.4. The lowest BCUT2D eigenvalue weighted by atomic mass is 9.92. The number of rotatable bonds is 4. The van der Waals surface area contributed by atoms with Crippen LogP contribution < -0.4 is 20.1 Å². The van der Waals surface area contributed by atoms with E-state index in [1.54, 1.807) is 0 Å². The maximum atomic E-state index is 13.6. The van der Waals surface area contributed by atoms with Crippen molar-refractivity contribution in [3.8, 4) is 5.75 Å². The van der Waals surface area contributed by atoms with E-state index in [4.69, 9.17) is 16.3 Å². The van der Waals surface area contributed by atoms with Gasteiger partial charge in [-0.2, -0.15) is 17.9 Å². The first-order chi connectivity index (χ1) is 18.9. The van der Waals surface area contributed by atoms with Gasteiger partial charge in [0.1, 0.15) is 29.2 Å². The van der Waals surface area contributed by atoms with Gasteiger partial charge < -0.3 is 24.8 Å². The molecule has 0 bridgehead atoms. The molecule has 41 heavy (non-hydrogen) atoms. The average molecular weight is 632 g/mol. The highest BCUT2D eigenvalue weighted by molar-refractivity contribution is 7.89. The summed E-state index contributed by atoms with van der Waals surface area (Å²) in [6, 6.07) is 0.0913. The molecular weight excluding hydrogens is 612 g/mol. The molecule has 1 saturated heterocycles. The van der Waals surface area contributed by atoms with Gasteiger partial charge in [0.2, 0.25) is 10.0 Å². The molecular formula is C22H20ClF6N5O6S. The molecule has 3 N–H and O–H groups in total. The smallest absolute Gasteiger partial charge is 0.408 e. The van der Waals surface area contributed by atoms with Gasteiger partial charge in [-0.25, -0.2) is 21.6 Å². The minimum atomic E-state index is -4.80. The Bertz CT molecular complexity index is 1540. The van der Waals surface area contributed by atoms with Crippen LogP contribution >= 0.6 is 11.6 Å². The number of halogens is 7. The molecule has 0 unspecified atom stereocenters. The lowest BCUT2D eigenvalue weighted by Crippen LogP contribution is -2.74. The van der Waals surface area contributed by atoms with Gasteiger partial charge in [-0.05, 0) is 25.1 Å². The fourth-order valence-electron chi connectivity index (χ4n) is 4.25. The number of nitrogens with one attached hydrogen (secondary N) is 3. The molecule has 3 heterocycles. The molecule has 1 aromatic heterocycles. The molecule has 3 amide bonds. The molecule has 1 spiro atoms. The SMILES string of the molecule is C[C@@H](NC(=O)C(=O)N1CC2(COc3c(c(Cl)n(C)c3C(=O)Nc3ccc(F)c(C(F)F)c3)S(=O)(=O)N2)C1)C(F)(F)F. The summed E-state index contributed by atoms with van der Waals surface area (Å²) in [7, 11) is -3.34. The van der Waals surface area contributed by atoms with Gasteiger partial charge in [-0.15, -0.1) is 0 Å². The number of alkyl halides is 5. The number of likely N-dealkylation sites (tertiary alicyclic amines) is 1. The molecule has 0 saturated carbocycles. The van der Waals surface area contributed by atoms with Crippen LogP contribution in [0.5, 0.6) is 5.75 Å². The predicted molar refractivity (Wildman–Crippen MR) is 129 cm³/mol. The number of aromatic nitrogens is 1. The van der Waals surface area contributed by atoms with E-state index in [1.807, 2.05) is 0 Å². The Morgan fingerprint density at radius 2 is 1.83 bits per heavy atom. The normalized spacial score (nSPS) is 18.1. The Hall–Kier alpha value is -3.51. The molecule has 0 aliphatic carbocycles. The predicted octanol–water partition coefficient (Wildman–Crippen LogP) is 2.33. The van der Waals surface area contributed by atoms with Gasteiger partial charge in [0.05, 0.1) is 5.56 Å². The standard InChI is InChI=1S/C22H20ClF6N5O6S/c1-9(22(27,28)29)30-19(36)20(37)34-6-21(7-34)8-40-14-13(33(2)16(23)15(14)41(38,39)32-21)18(35)31-10-3-4-12(24)11(5-10)17(25)26/h3-5,9,17,32H,6-8H2,1-2H3,(H,30,36)(H,31,35)/t9-/m1/s1. The number of hydrogen-bond acceptors (Lipinski definition) is 6. The van der Waals surface area contributed by atoms with E-state index in [0.29, 0.717) is 19.1 Å². The van der Waals surface area contributed by atoms with Crippen molar-refractivity contribution in [3.63, 3.8) is 0 Å². The zero-order valence-corrected chi connectivity index (χ0v) is 22.5. The summed E-state index contributed by atoms with van der Waals surface area (Å²) < 4.78 is 113. The van der Waals surface area contributed by atoms with Gasteiger partial charge in [0.25, 0.3) is 12.3 Å². The number of sulfonamides is 1. The zero-order chi connectivity index (χ0) is 30.7. The molecule has 4 rings (SSSR count). The highest BCUT2D eigenvalue weighted by Gasteiger charge is 2.53. The van der Waals surface area contributed by atoms with E-state index >= 15 is 0 Å². The van der Waals surface area contributed by atoms with Crippen LogP contribution in [0, 0.1) is 5.82 Å². The molecule has 2 aromatic rings. The third-order valence-electron chi connectivity index (χ3n) is 6.36. The minimum absolute atomic E-state index is 0.241. The van der Waals surface area contributed by atoms with Crippen LogP contribution in [-0.2, 0) is 26.7 Å². The van der Waals surface area contributed by atoms with E-state index < -0.39 is 104 Å². The Labute approximate surface area is 232 Å². The first kappa shape index (κ1) is 30.4. The second kappa shape index (κ2) is 10.4. The maximum Gasteiger partial charge on any atom is 0.408 e. The average Bonchev–Trinajstić information content (AvgIpc) is 3.02. The Morgan fingerprint density at radius 1 is 1.20 bits per heavy atom. The molecule has 1 fully saturated rings. The van der Waals surface area contributed by atoms with Gasteiger partial charge in [-0.3, -0.25) is 14.4 Å². The molecule has 0 radical (unpaired) electrons. The van der Waals surface area contributed by atoms with Crippen molar-refractivity contribution in [2.45, 2.75) is 36.0 Å². The van der Waals surface area contributed by atoms with Crippen LogP contribution in [0.25, 0.3) is 0 Å². The van der Waals surface area contributed by atoms with Crippen molar-refractivity contribution in [3.05, 3.63) is 40.4 Å². The molecule has 2 aliphatic heterocycles. The minimum Gasteiger partial charge on any atom is -0.488 e. The van der Waals surface area contributed by atoms with Crippen molar-refractivity contribution >= 4 is 45.0 Å². The summed E-state index contributed by atoms with van der Waals surface area (Å²) in [5.41, 5.74) is -3.20. The highest BCUT2D eigenvalue weighted by Crippen LogP contribution is 2.41. The summed E-state index contributed by atoms with van der Waals surface area (Å²) in [6.07, 6.45) is -7.98. The largest absolute Gasteiger partial charge is 0.488 e. The molecule has 19 heteroatoms. The van der Waals surface area contributed by atoms with Crippen LogP contribution in [0.15, 0.2) is 23.1 Å². The first-order valence-corrected chi connectivity index (χ1v) is 13.3. The number of carbonyl (C=O) groups is 3. The van der Waals surface area contributed by atoms with Crippen molar-refractivity contribution < 1.29 is 53.9 Å². The Kier molecular flexibility index (Phi) is 7.72.